The van der Waals surface area contributed by atoms with E-state index in [2.05, 4.69) is 10.3 Å². The van der Waals surface area contributed by atoms with Gasteiger partial charge < -0.3 is 16.0 Å². The molecule has 1 aromatic carbocycles. The van der Waals surface area contributed by atoms with Crippen LogP contribution in [0, 0.1) is 5.82 Å². The Hall–Kier alpha value is -2.67. The minimum absolute atomic E-state index is 0.110. The molecule has 2 aromatic heterocycles. The van der Waals surface area contributed by atoms with E-state index in [-0.39, 0.29) is 17.9 Å². The molecule has 0 aliphatic heterocycles. The number of hydrogen-bond donors (Lipinski definition) is 3. The van der Waals surface area contributed by atoms with Crippen LogP contribution in [0.5, 0.6) is 0 Å². The molecule has 1 aliphatic rings. The lowest BCUT2D eigenvalue weighted by molar-refractivity contribution is 0.338. The summed E-state index contributed by atoms with van der Waals surface area (Å²) in [6.07, 6.45) is 7.39. The Morgan fingerprint density at radius 1 is 1.27 bits per heavy atom. The zero-order chi connectivity index (χ0) is 18.1. The third kappa shape index (κ3) is 2.99. The molecule has 2 heterocycles. The SMILES string of the molecule is NCc1cc(Nc2nn(C3CCCCC3)c3cc[nH]c(=O)c23)ccc1F. The number of benzene rings is 1. The van der Waals surface area contributed by atoms with Crippen molar-refractivity contribution in [3.63, 3.8) is 0 Å². The first-order valence-electron chi connectivity index (χ1n) is 9.03. The van der Waals surface area contributed by atoms with Crippen LogP contribution >= 0.6 is 0 Å². The molecule has 6 nitrogen and oxygen atoms in total. The fraction of sp³-hybridized carbons (Fsp3) is 0.368. The van der Waals surface area contributed by atoms with E-state index < -0.39 is 0 Å². The summed E-state index contributed by atoms with van der Waals surface area (Å²) in [7, 11) is 0. The monoisotopic (exact) mass is 355 g/mol. The number of aromatic amines is 1. The number of pyridine rings is 1. The highest BCUT2D eigenvalue weighted by Gasteiger charge is 2.22. The summed E-state index contributed by atoms with van der Waals surface area (Å²) in [6, 6.07) is 6.83. The summed E-state index contributed by atoms with van der Waals surface area (Å²) in [5.74, 6) is 0.149. The largest absolute Gasteiger partial charge is 0.338 e. The van der Waals surface area contributed by atoms with E-state index >= 15 is 0 Å². The van der Waals surface area contributed by atoms with E-state index in [1.54, 1.807) is 18.3 Å². The van der Waals surface area contributed by atoms with Crippen molar-refractivity contribution in [1.82, 2.24) is 14.8 Å². The van der Waals surface area contributed by atoms with Gasteiger partial charge >= 0.3 is 0 Å². The predicted molar refractivity (Wildman–Crippen MR) is 100 cm³/mol. The first-order chi connectivity index (χ1) is 12.7. The van der Waals surface area contributed by atoms with Crippen molar-refractivity contribution < 1.29 is 4.39 Å². The molecule has 0 spiro atoms. The molecule has 3 aromatic rings. The van der Waals surface area contributed by atoms with Gasteiger partial charge in [0.2, 0.25) is 0 Å². The van der Waals surface area contributed by atoms with Gasteiger partial charge in [0.15, 0.2) is 5.82 Å². The lowest BCUT2D eigenvalue weighted by Gasteiger charge is -2.22. The Labute approximate surface area is 150 Å². The van der Waals surface area contributed by atoms with E-state index in [0.29, 0.717) is 28.5 Å². The van der Waals surface area contributed by atoms with Crippen molar-refractivity contribution in [3.8, 4) is 0 Å². The number of anilines is 2. The van der Waals surface area contributed by atoms with Crippen molar-refractivity contribution in [2.45, 2.75) is 44.7 Å². The van der Waals surface area contributed by atoms with Gasteiger partial charge in [0.05, 0.1) is 11.6 Å². The molecular formula is C19H22FN5O. The van der Waals surface area contributed by atoms with Crippen LogP contribution < -0.4 is 16.6 Å². The van der Waals surface area contributed by atoms with Gasteiger partial charge in [-0.15, -0.1) is 0 Å². The van der Waals surface area contributed by atoms with Crippen LogP contribution in [0.2, 0.25) is 0 Å². The van der Waals surface area contributed by atoms with Crippen molar-refractivity contribution in [3.05, 3.63) is 52.2 Å². The van der Waals surface area contributed by atoms with Crippen LogP contribution in [0.15, 0.2) is 35.3 Å². The number of nitrogens with two attached hydrogens (primary N) is 1. The summed E-state index contributed by atoms with van der Waals surface area (Å²) >= 11 is 0. The van der Waals surface area contributed by atoms with Crippen LogP contribution in [0.4, 0.5) is 15.9 Å². The first kappa shape index (κ1) is 16.8. The van der Waals surface area contributed by atoms with Crippen molar-refractivity contribution in [1.29, 1.82) is 0 Å². The van der Waals surface area contributed by atoms with Crippen LogP contribution in [0.1, 0.15) is 43.7 Å². The average Bonchev–Trinajstić information content (AvgIpc) is 3.04. The van der Waals surface area contributed by atoms with Gasteiger partial charge in [-0.25, -0.2) is 4.39 Å². The lowest BCUT2D eigenvalue weighted by Crippen LogP contribution is -2.14. The molecule has 0 saturated heterocycles. The van der Waals surface area contributed by atoms with E-state index in [0.717, 1.165) is 18.4 Å². The first-order valence-corrected chi connectivity index (χ1v) is 9.03. The third-order valence-corrected chi connectivity index (χ3v) is 5.08. The second kappa shape index (κ2) is 6.92. The maximum Gasteiger partial charge on any atom is 0.261 e. The second-order valence-corrected chi connectivity index (χ2v) is 6.79. The summed E-state index contributed by atoms with van der Waals surface area (Å²) < 4.78 is 15.7. The molecule has 0 radical (unpaired) electrons. The summed E-state index contributed by atoms with van der Waals surface area (Å²) in [4.78, 5) is 15.2. The molecule has 4 N–H and O–H groups in total. The van der Waals surface area contributed by atoms with Crippen molar-refractivity contribution in [2.24, 2.45) is 5.73 Å². The molecule has 0 atom stereocenters. The number of rotatable bonds is 4. The molecule has 136 valence electrons. The molecule has 0 bridgehead atoms. The molecule has 26 heavy (non-hydrogen) atoms. The van der Waals surface area contributed by atoms with E-state index in [1.807, 2.05) is 10.7 Å². The summed E-state index contributed by atoms with van der Waals surface area (Å²) in [6.45, 7) is 0.110. The van der Waals surface area contributed by atoms with E-state index in [4.69, 9.17) is 10.8 Å². The molecule has 0 amide bonds. The molecule has 1 saturated carbocycles. The maximum absolute atomic E-state index is 13.7. The molecule has 7 heteroatoms. The topological polar surface area (TPSA) is 88.7 Å². The minimum Gasteiger partial charge on any atom is -0.338 e. The van der Waals surface area contributed by atoms with E-state index in [9.17, 15) is 9.18 Å². The van der Waals surface area contributed by atoms with Gasteiger partial charge in [-0.2, -0.15) is 5.10 Å². The fourth-order valence-corrected chi connectivity index (χ4v) is 3.74. The Morgan fingerprint density at radius 3 is 2.85 bits per heavy atom. The standard InChI is InChI=1S/C19H22FN5O/c20-15-7-6-13(10-12(15)11-21)23-18-17-16(8-9-22-19(17)26)25(24-18)14-4-2-1-3-5-14/h6-10,14H,1-5,11,21H2,(H,22,26)(H,23,24). The zero-order valence-electron chi connectivity index (χ0n) is 14.5. The van der Waals surface area contributed by atoms with Gasteiger partial charge in [0.1, 0.15) is 11.2 Å². The number of hydrogen-bond acceptors (Lipinski definition) is 4. The Balaban J connectivity index is 1.78. The predicted octanol–water partition coefficient (Wildman–Crippen LogP) is 3.57. The number of halogens is 1. The average molecular weight is 355 g/mol. The Morgan fingerprint density at radius 2 is 2.08 bits per heavy atom. The van der Waals surface area contributed by atoms with Gasteiger partial charge in [-0.05, 0) is 37.1 Å². The summed E-state index contributed by atoms with van der Waals surface area (Å²) in [5, 5.41) is 8.41. The highest BCUT2D eigenvalue weighted by Crippen LogP contribution is 2.32. The number of nitrogens with zero attached hydrogens (tertiary/aromatic N) is 2. The van der Waals surface area contributed by atoms with Gasteiger partial charge in [-0.1, -0.05) is 19.3 Å². The second-order valence-electron chi connectivity index (χ2n) is 6.79. The van der Waals surface area contributed by atoms with Crippen molar-refractivity contribution >= 4 is 22.4 Å². The molecule has 4 rings (SSSR count). The molecule has 1 fully saturated rings. The quantitative estimate of drug-likeness (QED) is 0.667. The summed E-state index contributed by atoms with van der Waals surface area (Å²) in [5.41, 5.74) is 7.30. The number of aromatic nitrogens is 3. The fourth-order valence-electron chi connectivity index (χ4n) is 3.74. The Bertz CT molecular complexity index is 987. The minimum atomic E-state index is -0.339. The molecule has 1 aliphatic carbocycles. The van der Waals surface area contributed by atoms with Crippen LogP contribution in [-0.4, -0.2) is 14.8 Å². The number of H-pyrrole nitrogens is 1. The molecular weight excluding hydrogens is 333 g/mol. The smallest absolute Gasteiger partial charge is 0.261 e. The van der Waals surface area contributed by atoms with Gasteiger partial charge in [0.25, 0.3) is 5.56 Å². The van der Waals surface area contributed by atoms with Crippen LogP contribution in [0.25, 0.3) is 10.9 Å². The highest BCUT2D eigenvalue weighted by atomic mass is 19.1. The number of nitrogens with one attached hydrogen (secondary N) is 2. The van der Waals surface area contributed by atoms with Gasteiger partial charge in [-0.3, -0.25) is 9.48 Å². The van der Waals surface area contributed by atoms with Crippen LogP contribution in [-0.2, 0) is 6.54 Å². The molecule has 0 unspecified atom stereocenters. The van der Waals surface area contributed by atoms with Gasteiger partial charge in [0, 0.05) is 24.0 Å². The highest BCUT2D eigenvalue weighted by molar-refractivity contribution is 5.91. The maximum atomic E-state index is 13.7. The third-order valence-electron chi connectivity index (χ3n) is 5.08. The lowest BCUT2D eigenvalue weighted by atomic mass is 9.95. The van der Waals surface area contributed by atoms with Crippen LogP contribution in [0.3, 0.4) is 0 Å². The number of fused-ring (bicyclic) bond motifs is 1. The van der Waals surface area contributed by atoms with Crippen molar-refractivity contribution in [2.75, 3.05) is 5.32 Å². The van der Waals surface area contributed by atoms with E-state index in [1.165, 1.54) is 25.3 Å². The normalized spacial score (nSPS) is 15.5. The Kier molecular flexibility index (Phi) is 4.46. The zero-order valence-corrected chi connectivity index (χ0v) is 14.5.